The number of carbonyl (C=O) groups is 1. The molecular weight excluding hydrogens is 180 g/mol. The normalized spacial score (nSPS) is 37.6. The molecule has 14 heavy (non-hydrogen) atoms. The number of carbonyl (C=O) groups excluding carboxylic acids is 1. The van der Waals surface area contributed by atoms with Gasteiger partial charge in [-0.25, -0.2) is 4.79 Å². The number of urea groups is 1. The van der Waals surface area contributed by atoms with Crippen LogP contribution >= 0.6 is 0 Å². The lowest BCUT2D eigenvalue weighted by Gasteiger charge is -2.39. The zero-order valence-electron chi connectivity index (χ0n) is 8.81. The van der Waals surface area contributed by atoms with Crippen molar-refractivity contribution in [3.8, 4) is 0 Å². The molecule has 0 unspecified atom stereocenters. The molecule has 80 valence electrons. The number of hydrogen-bond donors (Lipinski definition) is 1. The molecule has 0 aromatic heterocycles. The topological polar surface area (TPSA) is 43.8 Å². The van der Waals surface area contributed by atoms with Crippen LogP contribution in [0.15, 0.2) is 0 Å². The maximum absolute atomic E-state index is 11.9. The Labute approximate surface area is 84.5 Å². The van der Waals surface area contributed by atoms with Crippen LogP contribution in [0.3, 0.4) is 0 Å². The Bertz CT molecular complexity index is 244. The highest BCUT2D eigenvalue weighted by molar-refractivity contribution is 5.76. The van der Waals surface area contributed by atoms with Gasteiger partial charge >= 0.3 is 6.03 Å². The highest BCUT2D eigenvalue weighted by Crippen LogP contribution is 2.30. The van der Waals surface area contributed by atoms with Gasteiger partial charge in [-0.05, 0) is 26.7 Å². The molecule has 2 saturated heterocycles. The fourth-order valence-electron chi connectivity index (χ4n) is 2.55. The summed E-state index contributed by atoms with van der Waals surface area (Å²) in [5, 5.41) is 9.69. The van der Waals surface area contributed by atoms with E-state index in [1.165, 1.54) is 0 Å². The van der Waals surface area contributed by atoms with Crippen LogP contribution in [0.5, 0.6) is 0 Å². The summed E-state index contributed by atoms with van der Waals surface area (Å²) in [6, 6.07) is 0.366. The van der Waals surface area contributed by atoms with Crippen molar-refractivity contribution in [1.82, 2.24) is 9.80 Å². The van der Waals surface area contributed by atoms with Crippen LogP contribution < -0.4 is 0 Å². The molecule has 2 heterocycles. The summed E-state index contributed by atoms with van der Waals surface area (Å²) in [5.74, 6) is 0. The fourth-order valence-corrected chi connectivity index (χ4v) is 2.55. The minimum atomic E-state index is -0.333. The Hall–Kier alpha value is -0.770. The first kappa shape index (κ1) is 9.77. The minimum Gasteiger partial charge on any atom is -0.391 e. The Morgan fingerprint density at radius 1 is 1.57 bits per heavy atom. The summed E-state index contributed by atoms with van der Waals surface area (Å²) < 4.78 is 0. The van der Waals surface area contributed by atoms with Gasteiger partial charge < -0.3 is 14.9 Å². The van der Waals surface area contributed by atoms with Crippen molar-refractivity contribution >= 4 is 6.03 Å². The van der Waals surface area contributed by atoms with Crippen LogP contribution in [0.4, 0.5) is 4.79 Å². The SMILES string of the molecule is CCN1CC[C@@H]2C[C@@H](O)[C@@H](C)N2C1=O. The maximum Gasteiger partial charge on any atom is 0.320 e. The smallest absolute Gasteiger partial charge is 0.320 e. The molecule has 0 radical (unpaired) electrons. The molecule has 0 aromatic rings. The number of aliphatic hydroxyl groups excluding tert-OH is 1. The highest BCUT2D eigenvalue weighted by Gasteiger charge is 2.44. The predicted molar refractivity (Wildman–Crippen MR) is 53.0 cm³/mol. The largest absolute Gasteiger partial charge is 0.391 e. The minimum absolute atomic E-state index is 0.0122. The third-order valence-electron chi connectivity index (χ3n) is 3.51. The molecule has 2 rings (SSSR count). The fraction of sp³-hybridized carbons (Fsp3) is 0.900. The van der Waals surface area contributed by atoms with E-state index in [9.17, 15) is 9.90 Å². The molecule has 2 aliphatic heterocycles. The summed E-state index contributed by atoms with van der Waals surface area (Å²) in [5.41, 5.74) is 0. The standard InChI is InChI=1S/C10H18N2O2/c1-3-11-5-4-8-6-9(13)7(2)12(8)10(11)14/h7-9,13H,3-6H2,1-2H3/t7-,8-,9-/m1/s1. The van der Waals surface area contributed by atoms with Gasteiger partial charge in [0, 0.05) is 19.1 Å². The first-order valence-corrected chi connectivity index (χ1v) is 5.40. The van der Waals surface area contributed by atoms with E-state index >= 15 is 0 Å². The van der Waals surface area contributed by atoms with Gasteiger partial charge in [0.25, 0.3) is 0 Å². The second kappa shape index (κ2) is 3.42. The third-order valence-corrected chi connectivity index (χ3v) is 3.51. The van der Waals surface area contributed by atoms with Gasteiger partial charge in [-0.15, -0.1) is 0 Å². The van der Waals surface area contributed by atoms with Gasteiger partial charge in [0.2, 0.25) is 0 Å². The van der Waals surface area contributed by atoms with Crippen molar-refractivity contribution in [3.63, 3.8) is 0 Å². The molecule has 4 nitrogen and oxygen atoms in total. The van der Waals surface area contributed by atoms with Crippen molar-refractivity contribution < 1.29 is 9.90 Å². The predicted octanol–water partition coefficient (Wildman–Crippen LogP) is 0.656. The maximum atomic E-state index is 11.9. The highest BCUT2D eigenvalue weighted by atomic mass is 16.3. The van der Waals surface area contributed by atoms with E-state index < -0.39 is 0 Å². The van der Waals surface area contributed by atoms with Crippen LogP contribution in [-0.4, -0.2) is 52.2 Å². The second-order valence-electron chi connectivity index (χ2n) is 4.26. The van der Waals surface area contributed by atoms with Gasteiger partial charge in [0.05, 0.1) is 12.1 Å². The van der Waals surface area contributed by atoms with E-state index in [1.54, 1.807) is 0 Å². The van der Waals surface area contributed by atoms with Crippen molar-refractivity contribution in [1.29, 1.82) is 0 Å². The lowest BCUT2D eigenvalue weighted by atomic mass is 10.1. The molecule has 1 N–H and O–H groups in total. The molecule has 0 aromatic carbocycles. The number of hydrogen-bond acceptors (Lipinski definition) is 2. The van der Waals surface area contributed by atoms with Gasteiger partial charge in [-0.2, -0.15) is 0 Å². The zero-order chi connectivity index (χ0) is 10.3. The lowest BCUT2D eigenvalue weighted by Crippen LogP contribution is -2.54. The number of nitrogens with zero attached hydrogens (tertiary/aromatic N) is 2. The van der Waals surface area contributed by atoms with Gasteiger partial charge in [0.15, 0.2) is 0 Å². The van der Waals surface area contributed by atoms with Crippen LogP contribution in [0.25, 0.3) is 0 Å². The van der Waals surface area contributed by atoms with Crippen LogP contribution in [0.1, 0.15) is 26.7 Å². The number of aliphatic hydroxyl groups is 1. The van der Waals surface area contributed by atoms with Crippen LogP contribution in [-0.2, 0) is 0 Å². The van der Waals surface area contributed by atoms with E-state index in [2.05, 4.69) is 0 Å². The van der Waals surface area contributed by atoms with E-state index in [4.69, 9.17) is 0 Å². The first-order chi connectivity index (χ1) is 6.65. The third kappa shape index (κ3) is 1.29. The molecule has 2 fully saturated rings. The summed E-state index contributed by atoms with van der Waals surface area (Å²) in [6.07, 6.45) is 1.42. The van der Waals surface area contributed by atoms with Crippen LogP contribution in [0.2, 0.25) is 0 Å². The molecule has 0 bridgehead atoms. The Balaban J connectivity index is 2.16. The first-order valence-electron chi connectivity index (χ1n) is 5.40. The molecule has 3 atom stereocenters. The molecule has 4 heteroatoms. The van der Waals surface area contributed by atoms with Crippen molar-refractivity contribution in [3.05, 3.63) is 0 Å². The summed E-state index contributed by atoms with van der Waals surface area (Å²) in [4.78, 5) is 15.6. The molecule has 0 spiro atoms. The average molecular weight is 198 g/mol. The summed E-state index contributed by atoms with van der Waals surface area (Å²) in [6.45, 7) is 5.54. The van der Waals surface area contributed by atoms with Gasteiger partial charge in [-0.3, -0.25) is 0 Å². The lowest BCUT2D eigenvalue weighted by molar-refractivity contribution is 0.0897. The Morgan fingerprint density at radius 2 is 2.29 bits per heavy atom. The van der Waals surface area contributed by atoms with Crippen molar-refractivity contribution in [2.75, 3.05) is 13.1 Å². The molecule has 2 aliphatic rings. The number of amides is 2. The van der Waals surface area contributed by atoms with E-state index in [-0.39, 0.29) is 24.2 Å². The van der Waals surface area contributed by atoms with Gasteiger partial charge in [-0.1, -0.05) is 0 Å². The monoisotopic (exact) mass is 198 g/mol. The number of fused-ring (bicyclic) bond motifs is 1. The molecule has 0 saturated carbocycles. The molecule has 2 amide bonds. The second-order valence-corrected chi connectivity index (χ2v) is 4.26. The molecular formula is C10H18N2O2. The Kier molecular flexibility index (Phi) is 2.39. The average Bonchev–Trinajstić information content (AvgIpc) is 2.44. The van der Waals surface area contributed by atoms with E-state index in [1.807, 2.05) is 23.6 Å². The quantitative estimate of drug-likeness (QED) is 0.672. The zero-order valence-corrected chi connectivity index (χ0v) is 8.81. The summed E-state index contributed by atoms with van der Waals surface area (Å²) >= 11 is 0. The van der Waals surface area contributed by atoms with Gasteiger partial charge in [0.1, 0.15) is 0 Å². The van der Waals surface area contributed by atoms with Crippen LogP contribution in [0, 0.1) is 0 Å². The Morgan fingerprint density at radius 3 is 2.93 bits per heavy atom. The van der Waals surface area contributed by atoms with E-state index in [0.717, 1.165) is 25.9 Å². The van der Waals surface area contributed by atoms with Crippen molar-refractivity contribution in [2.45, 2.75) is 44.9 Å². The summed E-state index contributed by atoms with van der Waals surface area (Å²) in [7, 11) is 0. The van der Waals surface area contributed by atoms with Crippen molar-refractivity contribution in [2.24, 2.45) is 0 Å². The van der Waals surface area contributed by atoms with E-state index in [0.29, 0.717) is 0 Å². The molecule has 0 aliphatic carbocycles. The number of rotatable bonds is 1.